The second kappa shape index (κ2) is 6.84. The van der Waals surface area contributed by atoms with Gasteiger partial charge in [-0.25, -0.2) is 9.59 Å². The molecule has 5 nitrogen and oxygen atoms in total. The fourth-order valence-electron chi connectivity index (χ4n) is 2.95. The molecule has 2 aliphatic rings. The fraction of sp³-hybridized carbons (Fsp3) is 0.750. The van der Waals surface area contributed by atoms with E-state index in [-0.39, 0.29) is 12.6 Å². The molecule has 5 heteroatoms. The van der Waals surface area contributed by atoms with Crippen molar-refractivity contribution >= 4 is 12.0 Å². The van der Waals surface area contributed by atoms with Crippen LogP contribution >= 0.6 is 0 Å². The van der Waals surface area contributed by atoms with Crippen LogP contribution in [-0.4, -0.2) is 40.6 Å². The van der Waals surface area contributed by atoms with Gasteiger partial charge >= 0.3 is 12.0 Å². The van der Waals surface area contributed by atoms with Crippen LogP contribution in [0, 0.1) is 18.3 Å². The second-order valence-electron chi connectivity index (χ2n) is 6.26. The van der Waals surface area contributed by atoms with E-state index in [1.54, 1.807) is 4.90 Å². The molecule has 0 aromatic heterocycles. The van der Waals surface area contributed by atoms with Crippen molar-refractivity contribution in [1.82, 2.24) is 10.2 Å². The Balaban J connectivity index is 2.04. The van der Waals surface area contributed by atoms with Crippen LogP contribution in [0.1, 0.15) is 51.4 Å². The van der Waals surface area contributed by atoms with Gasteiger partial charge in [0.1, 0.15) is 5.54 Å². The first-order valence-electron chi connectivity index (χ1n) is 7.81. The van der Waals surface area contributed by atoms with Gasteiger partial charge < -0.3 is 15.3 Å². The molecular weight excluding hydrogens is 268 g/mol. The number of urea groups is 1. The summed E-state index contributed by atoms with van der Waals surface area (Å²) in [6.07, 6.45) is 12.3. The Kier molecular flexibility index (Phi) is 5.11. The van der Waals surface area contributed by atoms with Crippen molar-refractivity contribution in [1.29, 1.82) is 0 Å². The Morgan fingerprint density at radius 1 is 1.24 bits per heavy atom. The Labute approximate surface area is 126 Å². The zero-order valence-corrected chi connectivity index (χ0v) is 12.4. The second-order valence-corrected chi connectivity index (χ2v) is 6.26. The van der Waals surface area contributed by atoms with E-state index in [2.05, 4.69) is 11.2 Å². The summed E-state index contributed by atoms with van der Waals surface area (Å²) < 4.78 is 0. The van der Waals surface area contributed by atoms with Crippen LogP contribution < -0.4 is 5.32 Å². The summed E-state index contributed by atoms with van der Waals surface area (Å²) in [5, 5.41) is 12.4. The standard InChI is InChI=1S/C16H24N2O3/c1-2-11-18(12-13-7-8-13)15(21)17-16(14(19)20)9-5-3-4-6-10-16/h1,13H,3-12H2,(H,17,21)(H,19,20). The lowest BCUT2D eigenvalue weighted by Gasteiger charge is -2.32. The number of carboxylic acids is 1. The molecule has 21 heavy (non-hydrogen) atoms. The molecule has 2 fully saturated rings. The molecule has 0 unspecified atom stereocenters. The normalized spacial score (nSPS) is 20.9. The predicted molar refractivity (Wildman–Crippen MR) is 79.7 cm³/mol. The van der Waals surface area contributed by atoms with Gasteiger partial charge in [0.05, 0.1) is 6.54 Å². The lowest BCUT2D eigenvalue weighted by molar-refractivity contribution is -0.145. The van der Waals surface area contributed by atoms with Crippen molar-refractivity contribution in [2.45, 2.75) is 56.9 Å². The first kappa shape index (κ1) is 15.7. The number of hydrogen-bond donors (Lipinski definition) is 2. The SMILES string of the molecule is C#CCN(CC1CC1)C(=O)NC1(C(=O)O)CCCCCC1. The van der Waals surface area contributed by atoms with Gasteiger partial charge in [0.15, 0.2) is 0 Å². The molecule has 116 valence electrons. The van der Waals surface area contributed by atoms with E-state index in [4.69, 9.17) is 6.42 Å². The van der Waals surface area contributed by atoms with Crippen molar-refractivity contribution in [2.75, 3.05) is 13.1 Å². The highest BCUT2D eigenvalue weighted by molar-refractivity contribution is 5.86. The summed E-state index contributed by atoms with van der Waals surface area (Å²) >= 11 is 0. The molecule has 0 aromatic carbocycles. The number of nitrogens with zero attached hydrogens (tertiary/aromatic N) is 1. The first-order valence-corrected chi connectivity index (χ1v) is 7.81. The molecule has 2 aliphatic carbocycles. The van der Waals surface area contributed by atoms with Gasteiger partial charge in [-0.05, 0) is 31.6 Å². The third kappa shape index (κ3) is 4.13. The summed E-state index contributed by atoms with van der Waals surface area (Å²) in [5.74, 6) is 2.09. The molecule has 0 spiro atoms. The average molecular weight is 292 g/mol. The maximum Gasteiger partial charge on any atom is 0.329 e. The summed E-state index contributed by atoms with van der Waals surface area (Å²) in [4.78, 5) is 25.7. The van der Waals surface area contributed by atoms with Gasteiger partial charge in [0, 0.05) is 6.54 Å². The minimum atomic E-state index is -1.12. The molecular formula is C16H24N2O3. The summed E-state index contributed by atoms with van der Waals surface area (Å²) in [5.41, 5.74) is -1.12. The van der Waals surface area contributed by atoms with Gasteiger partial charge in [0.2, 0.25) is 0 Å². The lowest BCUT2D eigenvalue weighted by Crippen LogP contribution is -2.58. The molecule has 2 saturated carbocycles. The number of carbonyl (C=O) groups excluding carboxylic acids is 1. The highest BCUT2D eigenvalue weighted by atomic mass is 16.4. The molecule has 0 saturated heterocycles. The Morgan fingerprint density at radius 3 is 2.33 bits per heavy atom. The van der Waals surface area contributed by atoms with Crippen LogP contribution in [0.5, 0.6) is 0 Å². The van der Waals surface area contributed by atoms with Crippen molar-refractivity contribution < 1.29 is 14.7 Å². The molecule has 0 bridgehead atoms. The topological polar surface area (TPSA) is 69.6 Å². The third-order valence-corrected chi connectivity index (χ3v) is 4.46. The molecule has 0 aromatic rings. The van der Waals surface area contributed by atoms with E-state index < -0.39 is 11.5 Å². The number of nitrogens with one attached hydrogen (secondary N) is 1. The largest absolute Gasteiger partial charge is 0.480 e. The average Bonchev–Trinajstić information content (AvgIpc) is 3.25. The van der Waals surface area contributed by atoms with Gasteiger partial charge in [-0.2, -0.15) is 0 Å². The third-order valence-electron chi connectivity index (χ3n) is 4.46. The molecule has 0 atom stereocenters. The Bertz CT molecular complexity index is 429. The number of terminal acetylenes is 1. The number of amides is 2. The monoisotopic (exact) mass is 292 g/mol. The van der Waals surface area contributed by atoms with Crippen LogP contribution in [0.3, 0.4) is 0 Å². The molecule has 2 N–H and O–H groups in total. The first-order chi connectivity index (χ1) is 10.1. The summed E-state index contributed by atoms with van der Waals surface area (Å²) in [6.45, 7) is 0.865. The number of carbonyl (C=O) groups is 2. The predicted octanol–water partition coefficient (Wildman–Crippen LogP) is 2.22. The number of rotatable bonds is 5. The molecule has 2 amide bonds. The van der Waals surface area contributed by atoms with Crippen molar-refractivity contribution in [3.63, 3.8) is 0 Å². The van der Waals surface area contributed by atoms with E-state index in [9.17, 15) is 14.7 Å². The number of aliphatic carboxylic acids is 1. The lowest BCUT2D eigenvalue weighted by atomic mass is 9.90. The van der Waals surface area contributed by atoms with E-state index in [0.717, 1.165) is 38.5 Å². The maximum absolute atomic E-state index is 12.4. The van der Waals surface area contributed by atoms with Crippen molar-refractivity contribution in [3.05, 3.63) is 0 Å². The van der Waals surface area contributed by atoms with Crippen LogP contribution in [0.2, 0.25) is 0 Å². The number of hydrogen-bond acceptors (Lipinski definition) is 2. The Hall–Kier alpha value is -1.70. The highest BCUT2D eigenvalue weighted by Crippen LogP contribution is 2.31. The smallest absolute Gasteiger partial charge is 0.329 e. The van der Waals surface area contributed by atoms with Gasteiger partial charge in [-0.3, -0.25) is 0 Å². The van der Waals surface area contributed by atoms with Gasteiger partial charge in [-0.15, -0.1) is 6.42 Å². The minimum Gasteiger partial charge on any atom is -0.480 e. The zero-order valence-electron chi connectivity index (χ0n) is 12.4. The van der Waals surface area contributed by atoms with Crippen molar-refractivity contribution in [2.24, 2.45) is 5.92 Å². The van der Waals surface area contributed by atoms with Crippen LogP contribution in [-0.2, 0) is 4.79 Å². The van der Waals surface area contributed by atoms with Gasteiger partial charge in [-0.1, -0.05) is 31.6 Å². The summed E-state index contributed by atoms with van der Waals surface area (Å²) in [7, 11) is 0. The molecule has 2 rings (SSSR count). The maximum atomic E-state index is 12.4. The highest BCUT2D eigenvalue weighted by Gasteiger charge is 2.41. The molecule has 0 radical (unpaired) electrons. The fourth-order valence-corrected chi connectivity index (χ4v) is 2.95. The van der Waals surface area contributed by atoms with Crippen LogP contribution in [0.15, 0.2) is 0 Å². The van der Waals surface area contributed by atoms with Gasteiger partial charge in [0.25, 0.3) is 0 Å². The number of carboxylic acid groups (broad SMARTS) is 1. The van der Waals surface area contributed by atoms with E-state index in [0.29, 0.717) is 25.3 Å². The molecule has 0 heterocycles. The van der Waals surface area contributed by atoms with E-state index >= 15 is 0 Å². The Morgan fingerprint density at radius 2 is 1.86 bits per heavy atom. The van der Waals surface area contributed by atoms with E-state index in [1.165, 1.54) is 0 Å². The van der Waals surface area contributed by atoms with E-state index in [1.807, 2.05) is 0 Å². The summed E-state index contributed by atoms with van der Waals surface area (Å²) in [6, 6.07) is -0.329. The quantitative estimate of drug-likeness (QED) is 0.603. The molecule has 0 aliphatic heterocycles. The minimum absolute atomic E-state index is 0.234. The van der Waals surface area contributed by atoms with Crippen molar-refractivity contribution in [3.8, 4) is 12.3 Å². The van der Waals surface area contributed by atoms with Crippen LogP contribution in [0.4, 0.5) is 4.79 Å². The van der Waals surface area contributed by atoms with Crippen LogP contribution in [0.25, 0.3) is 0 Å². The zero-order chi connectivity index (χ0) is 15.3.